The first-order valence-corrected chi connectivity index (χ1v) is 5.57. The Morgan fingerprint density at radius 1 is 1.23 bits per heavy atom. The Hall–Kier alpha value is -0.0400. The summed E-state index contributed by atoms with van der Waals surface area (Å²) < 4.78 is 5.38. The average Bonchev–Trinajstić information content (AvgIpc) is 2.05. The van der Waals surface area contributed by atoms with Crippen LogP contribution in [0.3, 0.4) is 0 Å². The van der Waals surface area contributed by atoms with E-state index in [2.05, 4.69) is 27.7 Å². The largest absolute Gasteiger partial charge is 0.379 e. The molecule has 0 amide bonds. The van der Waals surface area contributed by atoms with Gasteiger partial charge in [-0.1, -0.05) is 39.5 Å². The molecule has 0 saturated heterocycles. The zero-order valence-corrected chi connectivity index (χ0v) is 10.0. The molecular formula is C12H26O. The number of hydrogen-bond donors (Lipinski definition) is 0. The third-order valence-electron chi connectivity index (χ3n) is 2.81. The molecule has 0 bridgehead atoms. The molecule has 0 heterocycles. The van der Waals surface area contributed by atoms with Crippen molar-refractivity contribution in [3.63, 3.8) is 0 Å². The highest BCUT2D eigenvalue weighted by Crippen LogP contribution is 2.20. The Morgan fingerprint density at radius 2 is 1.85 bits per heavy atom. The maximum absolute atomic E-state index is 5.38. The fourth-order valence-electron chi connectivity index (χ4n) is 1.62. The van der Waals surface area contributed by atoms with Gasteiger partial charge in [0.15, 0.2) is 0 Å². The van der Waals surface area contributed by atoms with E-state index >= 15 is 0 Å². The summed E-state index contributed by atoms with van der Waals surface area (Å²) >= 11 is 0. The molecule has 0 fully saturated rings. The molecule has 0 saturated carbocycles. The third kappa shape index (κ3) is 7.06. The summed E-state index contributed by atoms with van der Waals surface area (Å²) in [5, 5.41) is 0. The van der Waals surface area contributed by atoms with Crippen LogP contribution in [-0.4, -0.2) is 12.7 Å². The molecule has 0 rings (SSSR count). The molecule has 0 spiro atoms. The molecule has 1 atom stereocenters. The monoisotopic (exact) mass is 186 g/mol. The van der Waals surface area contributed by atoms with Crippen LogP contribution in [0.4, 0.5) is 0 Å². The Balaban J connectivity index is 3.44. The van der Waals surface area contributed by atoms with Crippen molar-refractivity contribution in [3.8, 4) is 0 Å². The van der Waals surface area contributed by atoms with Gasteiger partial charge in [0.1, 0.15) is 0 Å². The number of ether oxygens (including phenoxy) is 1. The fourth-order valence-corrected chi connectivity index (χ4v) is 1.62. The van der Waals surface area contributed by atoms with E-state index in [4.69, 9.17) is 4.74 Å². The van der Waals surface area contributed by atoms with Crippen LogP contribution in [0.25, 0.3) is 0 Å². The van der Waals surface area contributed by atoms with Crippen molar-refractivity contribution in [2.24, 2.45) is 5.92 Å². The molecule has 1 nitrogen and oxygen atoms in total. The molecule has 1 heteroatoms. The molecule has 0 aromatic heterocycles. The minimum atomic E-state index is 0.0753. The van der Waals surface area contributed by atoms with Crippen molar-refractivity contribution >= 4 is 0 Å². The maximum atomic E-state index is 5.38. The lowest BCUT2D eigenvalue weighted by Crippen LogP contribution is -2.22. The lowest BCUT2D eigenvalue weighted by atomic mass is 9.94. The van der Waals surface area contributed by atoms with Crippen molar-refractivity contribution in [1.82, 2.24) is 0 Å². The summed E-state index contributed by atoms with van der Waals surface area (Å²) in [6, 6.07) is 0. The predicted molar refractivity (Wildman–Crippen MR) is 59.0 cm³/mol. The van der Waals surface area contributed by atoms with Gasteiger partial charge in [-0.25, -0.2) is 0 Å². The molecule has 0 aliphatic heterocycles. The lowest BCUT2D eigenvalue weighted by molar-refractivity contribution is 0.0127. The second-order valence-electron chi connectivity index (χ2n) is 4.75. The molecule has 80 valence electrons. The molecule has 0 aromatic carbocycles. The van der Waals surface area contributed by atoms with E-state index in [0.717, 1.165) is 5.92 Å². The molecule has 0 N–H and O–H groups in total. The fraction of sp³-hybridized carbons (Fsp3) is 1.00. The zero-order valence-electron chi connectivity index (χ0n) is 10.0. The first kappa shape index (κ1) is 13.0. The van der Waals surface area contributed by atoms with Crippen molar-refractivity contribution in [1.29, 1.82) is 0 Å². The predicted octanol–water partition coefficient (Wildman–Crippen LogP) is 4.02. The molecule has 0 aliphatic rings. The second-order valence-corrected chi connectivity index (χ2v) is 4.75. The Morgan fingerprint density at radius 3 is 2.31 bits per heavy atom. The Labute approximate surface area is 83.9 Å². The first-order valence-electron chi connectivity index (χ1n) is 5.57. The summed E-state index contributed by atoms with van der Waals surface area (Å²) in [6.45, 7) is 8.94. The number of rotatable bonds is 7. The minimum absolute atomic E-state index is 0.0753. The van der Waals surface area contributed by atoms with E-state index in [-0.39, 0.29) is 5.60 Å². The molecule has 1 unspecified atom stereocenters. The normalized spacial score (nSPS) is 14.5. The quantitative estimate of drug-likeness (QED) is 0.583. The van der Waals surface area contributed by atoms with Crippen molar-refractivity contribution in [3.05, 3.63) is 0 Å². The smallest absolute Gasteiger partial charge is 0.0622 e. The van der Waals surface area contributed by atoms with Crippen LogP contribution in [0.2, 0.25) is 0 Å². The van der Waals surface area contributed by atoms with E-state index in [1.165, 1.54) is 32.1 Å². The van der Waals surface area contributed by atoms with Crippen molar-refractivity contribution in [2.45, 2.75) is 65.4 Å². The van der Waals surface area contributed by atoms with Gasteiger partial charge in [0, 0.05) is 7.11 Å². The molecular weight excluding hydrogens is 160 g/mol. The standard InChI is InChI=1S/C12H26O/c1-6-8-11(2)9-7-10-12(3,4)13-5/h11H,6-10H2,1-5H3. The van der Waals surface area contributed by atoms with E-state index in [9.17, 15) is 0 Å². The summed E-state index contributed by atoms with van der Waals surface area (Å²) in [4.78, 5) is 0. The summed E-state index contributed by atoms with van der Waals surface area (Å²) in [7, 11) is 1.80. The van der Waals surface area contributed by atoms with E-state index in [1.807, 2.05) is 0 Å². The molecule has 0 radical (unpaired) electrons. The van der Waals surface area contributed by atoms with Gasteiger partial charge in [-0.3, -0.25) is 0 Å². The van der Waals surface area contributed by atoms with Gasteiger partial charge in [-0.2, -0.15) is 0 Å². The Kier molecular flexibility index (Phi) is 6.40. The molecule has 13 heavy (non-hydrogen) atoms. The van der Waals surface area contributed by atoms with Gasteiger partial charge >= 0.3 is 0 Å². The van der Waals surface area contributed by atoms with Gasteiger partial charge in [0.05, 0.1) is 5.60 Å². The highest BCUT2D eigenvalue weighted by molar-refractivity contribution is 4.68. The number of hydrogen-bond acceptors (Lipinski definition) is 1. The molecule has 0 aromatic rings. The van der Waals surface area contributed by atoms with Gasteiger partial charge in [-0.15, -0.1) is 0 Å². The van der Waals surface area contributed by atoms with E-state index in [1.54, 1.807) is 7.11 Å². The SMILES string of the molecule is CCCC(C)CCCC(C)(C)OC. The highest BCUT2D eigenvalue weighted by Gasteiger charge is 2.15. The van der Waals surface area contributed by atoms with Crippen LogP contribution in [0.5, 0.6) is 0 Å². The van der Waals surface area contributed by atoms with Gasteiger partial charge in [0.25, 0.3) is 0 Å². The van der Waals surface area contributed by atoms with Crippen molar-refractivity contribution in [2.75, 3.05) is 7.11 Å². The van der Waals surface area contributed by atoms with Crippen LogP contribution >= 0.6 is 0 Å². The minimum Gasteiger partial charge on any atom is -0.379 e. The van der Waals surface area contributed by atoms with Gasteiger partial charge in [-0.05, 0) is 26.2 Å². The Bertz CT molecular complexity index is 118. The van der Waals surface area contributed by atoms with Gasteiger partial charge < -0.3 is 4.74 Å². The molecule has 0 aliphatic carbocycles. The van der Waals surface area contributed by atoms with E-state index < -0.39 is 0 Å². The highest BCUT2D eigenvalue weighted by atomic mass is 16.5. The van der Waals surface area contributed by atoms with Crippen LogP contribution in [0.15, 0.2) is 0 Å². The number of methoxy groups -OCH3 is 1. The second kappa shape index (κ2) is 6.42. The maximum Gasteiger partial charge on any atom is 0.0622 e. The topological polar surface area (TPSA) is 9.23 Å². The van der Waals surface area contributed by atoms with Gasteiger partial charge in [0.2, 0.25) is 0 Å². The summed E-state index contributed by atoms with van der Waals surface area (Å²) in [5.41, 5.74) is 0.0753. The van der Waals surface area contributed by atoms with Crippen LogP contribution in [0, 0.1) is 5.92 Å². The van der Waals surface area contributed by atoms with Crippen LogP contribution < -0.4 is 0 Å². The first-order chi connectivity index (χ1) is 6.02. The average molecular weight is 186 g/mol. The lowest BCUT2D eigenvalue weighted by Gasteiger charge is -2.23. The third-order valence-corrected chi connectivity index (χ3v) is 2.81. The van der Waals surface area contributed by atoms with Crippen LogP contribution in [0.1, 0.15) is 59.8 Å². The van der Waals surface area contributed by atoms with E-state index in [0.29, 0.717) is 0 Å². The van der Waals surface area contributed by atoms with Crippen molar-refractivity contribution < 1.29 is 4.74 Å². The summed E-state index contributed by atoms with van der Waals surface area (Å²) in [6.07, 6.45) is 6.50. The summed E-state index contributed by atoms with van der Waals surface area (Å²) in [5.74, 6) is 0.887. The van der Waals surface area contributed by atoms with Crippen LogP contribution in [-0.2, 0) is 4.74 Å². The zero-order chi connectivity index (χ0) is 10.3.